The number of ether oxygens (including phenoxy) is 1. The lowest BCUT2D eigenvalue weighted by molar-refractivity contribution is 0.417. The van der Waals surface area contributed by atoms with Gasteiger partial charge < -0.3 is 20.3 Å². The topological polar surface area (TPSA) is 99.7 Å². The van der Waals surface area contributed by atoms with Crippen molar-refractivity contribution in [2.75, 3.05) is 49.8 Å². The van der Waals surface area contributed by atoms with Gasteiger partial charge in [-0.05, 0) is 72.9 Å². The third kappa shape index (κ3) is 6.87. The number of hydrogen-bond acceptors (Lipinski definition) is 8. The first-order chi connectivity index (χ1) is 20.7. The van der Waals surface area contributed by atoms with Crippen molar-refractivity contribution in [3.05, 3.63) is 77.4 Å². The number of para-hydroxylation sites is 1. The zero-order valence-electron chi connectivity index (χ0n) is 24.9. The first kappa shape index (κ1) is 30.6. The zero-order valence-corrected chi connectivity index (χ0v) is 26.5. The van der Waals surface area contributed by atoms with Crippen molar-refractivity contribution in [1.82, 2.24) is 14.3 Å². The van der Waals surface area contributed by atoms with Crippen LogP contribution in [-0.4, -0.2) is 57.0 Å². The molecule has 2 heterocycles. The maximum Gasteiger partial charge on any atom is 0.244 e. The molecule has 0 saturated carbocycles. The smallest absolute Gasteiger partial charge is 0.244 e. The van der Waals surface area contributed by atoms with E-state index in [1.165, 1.54) is 57.7 Å². The summed E-state index contributed by atoms with van der Waals surface area (Å²) < 4.78 is 32.6. The van der Waals surface area contributed by atoms with Gasteiger partial charge >= 0.3 is 0 Å². The Bertz CT molecular complexity index is 1690. The second-order valence-corrected chi connectivity index (χ2v) is 13.3. The number of nitrogens with one attached hydrogen (secondary N) is 2. The van der Waals surface area contributed by atoms with Crippen molar-refractivity contribution in [1.29, 1.82) is 0 Å². The summed E-state index contributed by atoms with van der Waals surface area (Å²) in [6.07, 6.45) is 6.56. The molecule has 2 N–H and O–H groups in total. The van der Waals surface area contributed by atoms with Crippen LogP contribution in [0.3, 0.4) is 0 Å². The molecular formula is C32H37ClN6O3S. The minimum Gasteiger partial charge on any atom is -0.495 e. The van der Waals surface area contributed by atoms with Crippen molar-refractivity contribution < 1.29 is 13.2 Å². The normalized spacial score (nSPS) is 14.0. The molecule has 0 aliphatic carbocycles. The first-order valence-corrected chi connectivity index (χ1v) is 16.1. The molecule has 1 aliphatic rings. The number of benzene rings is 3. The van der Waals surface area contributed by atoms with E-state index in [-0.39, 0.29) is 21.7 Å². The highest BCUT2D eigenvalue weighted by atomic mass is 35.5. The maximum absolute atomic E-state index is 12.9. The number of nitrogens with zero attached hydrogens (tertiary/aromatic N) is 4. The minimum atomic E-state index is -3.70. The largest absolute Gasteiger partial charge is 0.495 e. The molecule has 5 rings (SSSR count). The van der Waals surface area contributed by atoms with Gasteiger partial charge in [0.2, 0.25) is 16.0 Å². The molecule has 1 aliphatic heterocycles. The molecule has 4 aromatic rings. The summed E-state index contributed by atoms with van der Waals surface area (Å²) in [4.78, 5) is 11.5. The number of hydrogen-bond donors (Lipinski definition) is 2. The van der Waals surface area contributed by atoms with Crippen molar-refractivity contribution in [3.8, 4) is 16.9 Å². The van der Waals surface area contributed by atoms with Crippen molar-refractivity contribution >= 4 is 50.5 Å². The number of aromatic nitrogens is 2. The molecule has 0 radical (unpaired) electrons. The SMILES string of the molecule is COc1cc(-c2ccc(N3CCCCCC3)cc2)c(C)cc1Nc1ncc(Cl)c(Nc2ccccc2S(=O)(=O)N(C)C)n1. The molecule has 0 unspecified atom stereocenters. The van der Waals surface area contributed by atoms with Gasteiger partial charge in [-0.15, -0.1) is 0 Å². The molecule has 0 bridgehead atoms. The van der Waals surface area contributed by atoms with Crippen LogP contribution in [0.2, 0.25) is 5.02 Å². The van der Waals surface area contributed by atoms with Crippen LogP contribution in [0.4, 0.5) is 28.8 Å². The lowest BCUT2D eigenvalue weighted by Crippen LogP contribution is -2.23. The van der Waals surface area contributed by atoms with E-state index in [9.17, 15) is 8.42 Å². The summed E-state index contributed by atoms with van der Waals surface area (Å²) in [6.45, 7) is 4.27. The fraction of sp³-hybridized carbons (Fsp3) is 0.312. The summed E-state index contributed by atoms with van der Waals surface area (Å²) >= 11 is 6.42. The Hall–Kier alpha value is -3.86. The van der Waals surface area contributed by atoms with E-state index in [4.69, 9.17) is 16.3 Å². The molecule has 0 amide bonds. The quantitative estimate of drug-likeness (QED) is 0.202. The highest BCUT2D eigenvalue weighted by Crippen LogP contribution is 2.37. The second-order valence-electron chi connectivity index (χ2n) is 10.7. The molecule has 1 aromatic heterocycles. The monoisotopic (exact) mass is 620 g/mol. The summed E-state index contributed by atoms with van der Waals surface area (Å²) in [5.74, 6) is 1.16. The molecule has 0 atom stereocenters. The van der Waals surface area contributed by atoms with Crippen LogP contribution >= 0.6 is 11.6 Å². The Balaban J connectivity index is 1.39. The average Bonchev–Trinajstić information content (AvgIpc) is 3.29. The summed E-state index contributed by atoms with van der Waals surface area (Å²) in [5, 5.41) is 6.55. The number of anilines is 5. The predicted octanol–water partition coefficient (Wildman–Crippen LogP) is 7.23. The third-order valence-electron chi connectivity index (χ3n) is 7.59. The van der Waals surface area contributed by atoms with Gasteiger partial charge in [0.05, 0.1) is 24.7 Å². The maximum atomic E-state index is 12.9. The minimum absolute atomic E-state index is 0.108. The van der Waals surface area contributed by atoms with Crippen LogP contribution in [0.5, 0.6) is 5.75 Å². The fourth-order valence-electron chi connectivity index (χ4n) is 5.20. The van der Waals surface area contributed by atoms with Gasteiger partial charge in [-0.3, -0.25) is 0 Å². The zero-order chi connectivity index (χ0) is 30.6. The molecule has 9 nitrogen and oxygen atoms in total. The highest BCUT2D eigenvalue weighted by Gasteiger charge is 2.22. The van der Waals surface area contributed by atoms with Gasteiger partial charge in [0.15, 0.2) is 5.82 Å². The molecule has 1 saturated heterocycles. The van der Waals surface area contributed by atoms with Gasteiger partial charge in [-0.25, -0.2) is 17.7 Å². The lowest BCUT2D eigenvalue weighted by Gasteiger charge is -2.23. The van der Waals surface area contributed by atoms with E-state index >= 15 is 0 Å². The Morgan fingerprint density at radius 2 is 1.63 bits per heavy atom. The predicted molar refractivity (Wildman–Crippen MR) is 175 cm³/mol. The number of sulfonamides is 1. The summed E-state index contributed by atoms with van der Waals surface area (Å²) in [7, 11) is 0.893. The van der Waals surface area contributed by atoms with Crippen LogP contribution in [0, 0.1) is 6.92 Å². The van der Waals surface area contributed by atoms with Crippen molar-refractivity contribution in [2.45, 2.75) is 37.5 Å². The van der Waals surface area contributed by atoms with Gasteiger partial charge in [-0.1, -0.05) is 48.7 Å². The molecule has 0 spiro atoms. The Morgan fingerprint density at radius 1 is 0.930 bits per heavy atom. The first-order valence-electron chi connectivity index (χ1n) is 14.3. The highest BCUT2D eigenvalue weighted by molar-refractivity contribution is 7.89. The Morgan fingerprint density at radius 3 is 2.30 bits per heavy atom. The molecule has 3 aromatic carbocycles. The van der Waals surface area contributed by atoms with E-state index in [2.05, 4.69) is 56.7 Å². The van der Waals surface area contributed by atoms with E-state index in [1.54, 1.807) is 25.3 Å². The van der Waals surface area contributed by atoms with E-state index in [1.807, 2.05) is 12.1 Å². The number of methoxy groups -OCH3 is 1. The molecular weight excluding hydrogens is 584 g/mol. The van der Waals surface area contributed by atoms with Crippen molar-refractivity contribution in [3.63, 3.8) is 0 Å². The number of aryl methyl sites for hydroxylation is 1. The van der Waals surface area contributed by atoms with Gasteiger partial charge in [-0.2, -0.15) is 4.98 Å². The fourth-order valence-corrected chi connectivity index (χ4v) is 6.38. The second kappa shape index (κ2) is 13.2. The van der Waals surface area contributed by atoms with Crippen LogP contribution in [0.1, 0.15) is 31.2 Å². The molecule has 43 heavy (non-hydrogen) atoms. The van der Waals surface area contributed by atoms with Crippen LogP contribution < -0.4 is 20.3 Å². The van der Waals surface area contributed by atoms with Crippen LogP contribution in [-0.2, 0) is 10.0 Å². The molecule has 1 fully saturated rings. The van der Waals surface area contributed by atoms with Gasteiger partial charge in [0.25, 0.3) is 0 Å². The third-order valence-corrected chi connectivity index (χ3v) is 9.74. The standard InChI is InChI=1S/C32H37ClN6O3S/c1-22-19-28(29(42-4)20-25(22)23-13-15-24(16-14-23)39-17-9-5-6-10-18-39)36-32-34-21-26(33)31(37-32)35-27-11-7-8-12-30(27)43(40,41)38(2)3/h7-8,11-16,19-21H,5-6,9-10,17-18H2,1-4H3,(H2,34,35,36,37). The lowest BCUT2D eigenvalue weighted by atomic mass is 9.99. The van der Waals surface area contributed by atoms with E-state index < -0.39 is 10.0 Å². The Kier molecular flexibility index (Phi) is 9.39. The number of halogens is 1. The van der Waals surface area contributed by atoms with Gasteiger partial charge in [0, 0.05) is 32.9 Å². The summed E-state index contributed by atoms with van der Waals surface area (Å²) in [5.41, 5.74) is 5.54. The van der Waals surface area contributed by atoms with Gasteiger partial charge in [0.1, 0.15) is 15.7 Å². The van der Waals surface area contributed by atoms with E-state index in [0.717, 1.165) is 34.1 Å². The van der Waals surface area contributed by atoms with Crippen LogP contribution in [0.15, 0.2) is 71.8 Å². The van der Waals surface area contributed by atoms with E-state index in [0.29, 0.717) is 17.1 Å². The average molecular weight is 621 g/mol. The molecule has 226 valence electrons. The Labute approximate surface area is 258 Å². The van der Waals surface area contributed by atoms with Crippen molar-refractivity contribution in [2.24, 2.45) is 0 Å². The van der Waals surface area contributed by atoms with Crippen LogP contribution in [0.25, 0.3) is 11.1 Å². The number of rotatable bonds is 9. The molecule has 11 heteroatoms. The summed E-state index contributed by atoms with van der Waals surface area (Å²) in [6, 6.07) is 19.4.